The first-order valence-electron chi connectivity index (χ1n) is 10.6. The first-order chi connectivity index (χ1) is 15.2. The van der Waals surface area contributed by atoms with Gasteiger partial charge in [0.25, 0.3) is 0 Å². The van der Waals surface area contributed by atoms with Crippen LogP contribution in [0.25, 0.3) is 21.9 Å². The summed E-state index contributed by atoms with van der Waals surface area (Å²) >= 11 is 0. The molecule has 0 aliphatic rings. The molecule has 2 aromatic heterocycles. The number of rotatable bonds is 2. The number of carbonyl (C=O) groups excluding carboxylic acids is 2. The Morgan fingerprint density at radius 3 is 2.06 bits per heavy atom. The Labute approximate surface area is 193 Å². The number of hydrogen-bond acceptors (Lipinski definition) is 7. The van der Waals surface area contributed by atoms with Crippen molar-refractivity contribution in [3.05, 3.63) is 48.4 Å². The molecule has 8 nitrogen and oxygen atoms in total. The van der Waals surface area contributed by atoms with Crippen molar-refractivity contribution in [2.75, 3.05) is 10.6 Å². The SMILES string of the molecule is Cc1c(-c2ccc3cnc(N)cc3c2)cncc1N(C(=O)OC(C)(C)C)C(=O)OC(C)(C)C. The summed E-state index contributed by atoms with van der Waals surface area (Å²) in [5.41, 5.74) is 6.79. The highest BCUT2D eigenvalue weighted by atomic mass is 16.6. The van der Waals surface area contributed by atoms with E-state index >= 15 is 0 Å². The molecule has 33 heavy (non-hydrogen) atoms. The van der Waals surface area contributed by atoms with Gasteiger partial charge in [-0.15, -0.1) is 0 Å². The molecule has 0 saturated heterocycles. The molecule has 3 rings (SSSR count). The zero-order valence-electron chi connectivity index (χ0n) is 20.1. The van der Waals surface area contributed by atoms with E-state index in [1.54, 1.807) is 60.0 Å². The second kappa shape index (κ2) is 8.69. The van der Waals surface area contributed by atoms with E-state index in [0.29, 0.717) is 11.4 Å². The van der Waals surface area contributed by atoms with Gasteiger partial charge in [-0.05, 0) is 77.1 Å². The van der Waals surface area contributed by atoms with Crippen LogP contribution >= 0.6 is 0 Å². The zero-order chi connectivity index (χ0) is 24.6. The number of anilines is 2. The van der Waals surface area contributed by atoms with Crippen molar-refractivity contribution in [1.82, 2.24) is 9.97 Å². The normalized spacial score (nSPS) is 11.8. The molecule has 0 radical (unpaired) electrons. The molecular weight excluding hydrogens is 420 g/mol. The van der Waals surface area contributed by atoms with Crippen LogP contribution in [0.15, 0.2) is 42.9 Å². The standard InChI is InChI=1S/C25H30N4O4/c1-15-19(16-8-9-17-12-28-21(26)11-18(17)10-16)13-27-14-20(15)29(22(30)32-24(2,3)4)23(31)33-25(5,6)7/h8-14H,1-7H3,(H2,26,28). The van der Waals surface area contributed by atoms with Crippen molar-refractivity contribution in [3.8, 4) is 11.1 Å². The molecule has 0 atom stereocenters. The van der Waals surface area contributed by atoms with Crippen LogP contribution in [0.4, 0.5) is 21.1 Å². The van der Waals surface area contributed by atoms with E-state index in [4.69, 9.17) is 15.2 Å². The topological polar surface area (TPSA) is 108 Å². The minimum atomic E-state index is -0.837. The molecule has 0 fully saturated rings. The molecular formula is C25H30N4O4. The molecule has 2 N–H and O–H groups in total. The lowest BCUT2D eigenvalue weighted by Gasteiger charge is -2.29. The van der Waals surface area contributed by atoms with Crippen molar-refractivity contribution in [2.45, 2.75) is 59.7 Å². The van der Waals surface area contributed by atoms with E-state index in [9.17, 15) is 9.59 Å². The molecule has 8 heteroatoms. The maximum atomic E-state index is 13.1. The van der Waals surface area contributed by atoms with Gasteiger partial charge >= 0.3 is 12.2 Å². The van der Waals surface area contributed by atoms with Crippen molar-refractivity contribution in [2.24, 2.45) is 0 Å². The number of carbonyl (C=O) groups is 2. The van der Waals surface area contributed by atoms with Gasteiger partial charge in [0, 0.05) is 23.3 Å². The lowest BCUT2D eigenvalue weighted by atomic mass is 9.99. The smallest absolute Gasteiger partial charge is 0.424 e. The van der Waals surface area contributed by atoms with Crippen LogP contribution in [0.5, 0.6) is 0 Å². The minimum Gasteiger partial charge on any atom is -0.443 e. The summed E-state index contributed by atoms with van der Waals surface area (Å²) in [6.07, 6.45) is 3.18. The van der Waals surface area contributed by atoms with Gasteiger partial charge in [0.15, 0.2) is 0 Å². The Balaban J connectivity index is 2.11. The predicted molar refractivity (Wildman–Crippen MR) is 129 cm³/mol. The summed E-state index contributed by atoms with van der Waals surface area (Å²) in [6, 6.07) is 7.62. The van der Waals surface area contributed by atoms with Crippen LogP contribution in [0.2, 0.25) is 0 Å². The van der Waals surface area contributed by atoms with Gasteiger partial charge in [-0.3, -0.25) is 4.98 Å². The number of amides is 2. The van der Waals surface area contributed by atoms with E-state index in [2.05, 4.69) is 9.97 Å². The van der Waals surface area contributed by atoms with Gasteiger partial charge in [-0.1, -0.05) is 12.1 Å². The van der Waals surface area contributed by atoms with Gasteiger partial charge in [-0.25, -0.2) is 14.6 Å². The summed E-state index contributed by atoms with van der Waals surface area (Å²) in [4.78, 5) is 35.4. The number of pyridine rings is 2. The van der Waals surface area contributed by atoms with Gasteiger partial charge in [-0.2, -0.15) is 4.90 Å². The van der Waals surface area contributed by atoms with E-state index in [0.717, 1.165) is 26.8 Å². The number of nitrogens with two attached hydrogens (primary N) is 1. The number of benzene rings is 1. The number of nitrogen functional groups attached to an aromatic ring is 1. The molecule has 2 heterocycles. The fraction of sp³-hybridized carbons (Fsp3) is 0.360. The number of hydrogen-bond donors (Lipinski definition) is 1. The highest BCUT2D eigenvalue weighted by Crippen LogP contribution is 2.33. The predicted octanol–water partition coefficient (Wildman–Crippen LogP) is 5.86. The molecule has 0 saturated carbocycles. The van der Waals surface area contributed by atoms with E-state index < -0.39 is 23.4 Å². The van der Waals surface area contributed by atoms with Gasteiger partial charge in [0.2, 0.25) is 0 Å². The Kier molecular flexibility index (Phi) is 6.31. The van der Waals surface area contributed by atoms with E-state index in [1.807, 2.05) is 25.1 Å². The monoisotopic (exact) mass is 450 g/mol. The van der Waals surface area contributed by atoms with Crippen LogP contribution in [0.3, 0.4) is 0 Å². The van der Waals surface area contributed by atoms with E-state index in [-0.39, 0.29) is 5.69 Å². The number of fused-ring (bicyclic) bond motifs is 1. The molecule has 0 spiro atoms. The van der Waals surface area contributed by atoms with Crippen molar-refractivity contribution < 1.29 is 19.1 Å². The van der Waals surface area contributed by atoms with Crippen LogP contribution in [-0.2, 0) is 9.47 Å². The Hall–Kier alpha value is -3.68. The third-order valence-electron chi connectivity index (χ3n) is 4.64. The molecule has 0 aliphatic heterocycles. The fourth-order valence-corrected chi connectivity index (χ4v) is 3.24. The summed E-state index contributed by atoms with van der Waals surface area (Å²) in [5, 5.41) is 1.86. The van der Waals surface area contributed by atoms with Crippen molar-refractivity contribution in [1.29, 1.82) is 0 Å². The highest BCUT2D eigenvalue weighted by Gasteiger charge is 2.34. The number of aromatic nitrogens is 2. The number of nitrogens with zero attached hydrogens (tertiary/aromatic N) is 3. The molecule has 3 aromatic rings. The van der Waals surface area contributed by atoms with Crippen LogP contribution < -0.4 is 10.6 Å². The lowest BCUT2D eigenvalue weighted by Crippen LogP contribution is -2.44. The highest BCUT2D eigenvalue weighted by molar-refractivity contribution is 6.10. The van der Waals surface area contributed by atoms with Gasteiger partial charge in [0.05, 0.1) is 11.9 Å². The lowest BCUT2D eigenvalue weighted by molar-refractivity contribution is 0.0430. The van der Waals surface area contributed by atoms with Crippen LogP contribution in [0.1, 0.15) is 47.1 Å². The maximum absolute atomic E-state index is 13.1. The molecule has 1 aromatic carbocycles. The van der Waals surface area contributed by atoms with Crippen molar-refractivity contribution >= 4 is 34.5 Å². The Morgan fingerprint density at radius 1 is 0.879 bits per heavy atom. The second-order valence-corrected chi connectivity index (χ2v) is 9.80. The quantitative estimate of drug-likeness (QED) is 0.520. The maximum Gasteiger partial charge on any atom is 0.424 e. The molecule has 174 valence electrons. The summed E-state index contributed by atoms with van der Waals surface area (Å²) in [6.45, 7) is 12.2. The van der Waals surface area contributed by atoms with E-state index in [1.165, 1.54) is 6.20 Å². The average molecular weight is 451 g/mol. The Morgan fingerprint density at radius 2 is 1.48 bits per heavy atom. The third kappa shape index (κ3) is 5.77. The minimum absolute atomic E-state index is 0.283. The summed E-state index contributed by atoms with van der Waals surface area (Å²) in [7, 11) is 0. The molecule has 0 aliphatic carbocycles. The van der Waals surface area contributed by atoms with Crippen LogP contribution in [0, 0.1) is 6.92 Å². The zero-order valence-corrected chi connectivity index (χ0v) is 20.1. The summed E-state index contributed by atoms with van der Waals surface area (Å²) < 4.78 is 11.0. The fourth-order valence-electron chi connectivity index (χ4n) is 3.24. The first-order valence-corrected chi connectivity index (χ1v) is 10.6. The molecule has 2 amide bonds. The Bertz CT molecular complexity index is 1180. The molecule has 0 bridgehead atoms. The van der Waals surface area contributed by atoms with Crippen LogP contribution in [-0.4, -0.2) is 33.4 Å². The summed E-state index contributed by atoms with van der Waals surface area (Å²) in [5.74, 6) is 0.421. The first kappa shape index (κ1) is 24.0. The average Bonchev–Trinajstić information content (AvgIpc) is 2.66. The number of imide groups is 1. The number of ether oxygens (including phenoxy) is 2. The van der Waals surface area contributed by atoms with Gasteiger partial charge in [0.1, 0.15) is 17.0 Å². The second-order valence-electron chi connectivity index (χ2n) is 9.80. The van der Waals surface area contributed by atoms with Crippen molar-refractivity contribution in [3.63, 3.8) is 0 Å². The molecule has 0 unspecified atom stereocenters. The third-order valence-corrected chi connectivity index (χ3v) is 4.64. The van der Waals surface area contributed by atoms with Gasteiger partial charge < -0.3 is 15.2 Å². The largest absolute Gasteiger partial charge is 0.443 e.